The van der Waals surface area contributed by atoms with Gasteiger partial charge in [0.2, 0.25) is 5.89 Å². The van der Waals surface area contributed by atoms with E-state index in [9.17, 15) is 0 Å². The van der Waals surface area contributed by atoms with Crippen LogP contribution in [0, 0.1) is 0 Å². The lowest BCUT2D eigenvalue weighted by atomic mass is 9.91. The summed E-state index contributed by atoms with van der Waals surface area (Å²) < 4.78 is 8.97. The molecule has 0 aliphatic carbocycles. The van der Waals surface area contributed by atoms with Gasteiger partial charge in [-0.25, -0.2) is 4.98 Å². The second kappa shape index (κ2) is 9.10. The molecule has 0 saturated carbocycles. The normalized spacial score (nSPS) is 11.8. The van der Waals surface area contributed by atoms with Gasteiger partial charge in [-0.3, -0.25) is 4.98 Å². The molecular weight excluding hydrogens is 532 g/mol. The lowest BCUT2D eigenvalue weighted by Gasteiger charge is -2.13. The highest BCUT2D eigenvalue weighted by molar-refractivity contribution is 7.26. The van der Waals surface area contributed by atoms with Crippen LogP contribution in [0.25, 0.3) is 86.7 Å². The molecule has 0 aliphatic heterocycles. The molecule has 0 aliphatic rings. The average molecular weight is 555 g/mol. The third kappa shape index (κ3) is 3.59. The zero-order chi connectivity index (χ0) is 27.6. The molecule has 4 heteroatoms. The highest BCUT2D eigenvalue weighted by atomic mass is 32.1. The van der Waals surface area contributed by atoms with Crippen molar-refractivity contribution in [1.29, 1.82) is 0 Å². The number of rotatable bonds is 3. The Morgan fingerprint density at radius 1 is 0.524 bits per heavy atom. The van der Waals surface area contributed by atoms with Crippen molar-refractivity contribution in [3.05, 3.63) is 134 Å². The van der Waals surface area contributed by atoms with Crippen molar-refractivity contribution in [2.24, 2.45) is 0 Å². The van der Waals surface area contributed by atoms with Crippen LogP contribution in [-0.2, 0) is 0 Å². The molecule has 0 fully saturated rings. The lowest BCUT2D eigenvalue weighted by molar-refractivity contribution is 0.620. The van der Waals surface area contributed by atoms with Crippen molar-refractivity contribution in [1.82, 2.24) is 9.97 Å². The maximum atomic E-state index is 6.32. The number of pyridine rings is 1. The summed E-state index contributed by atoms with van der Waals surface area (Å²) in [5.41, 5.74) is 8.33. The van der Waals surface area contributed by atoms with Crippen molar-refractivity contribution in [3.63, 3.8) is 0 Å². The van der Waals surface area contributed by atoms with Gasteiger partial charge in [-0.05, 0) is 69.9 Å². The molecule has 9 rings (SSSR count). The van der Waals surface area contributed by atoms with Crippen molar-refractivity contribution in [2.75, 3.05) is 0 Å². The molecule has 0 N–H and O–H groups in total. The van der Waals surface area contributed by atoms with Crippen LogP contribution in [0.15, 0.2) is 138 Å². The maximum absolute atomic E-state index is 6.32. The molecular formula is C38H22N2OS. The van der Waals surface area contributed by atoms with Gasteiger partial charge < -0.3 is 4.42 Å². The van der Waals surface area contributed by atoms with Crippen LogP contribution >= 0.6 is 11.3 Å². The van der Waals surface area contributed by atoms with Crippen LogP contribution in [0.3, 0.4) is 0 Å². The maximum Gasteiger partial charge on any atom is 0.227 e. The SMILES string of the molecule is c1cnc2ccc(-c3nc4ccc(-c5ccc(-c6cccc7c6sc6ccccc67)c6ccccc56)cc4o3)cc2c1. The number of hydrogen-bond acceptors (Lipinski definition) is 4. The zero-order valence-electron chi connectivity index (χ0n) is 22.4. The predicted octanol–water partition coefficient (Wildman–Crippen LogP) is 10.9. The Hall–Kier alpha value is -5.32. The van der Waals surface area contributed by atoms with E-state index in [1.165, 1.54) is 47.6 Å². The van der Waals surface area contributed by atoms with Crippen LogP contribution in [0.4, 0.5) is 0 Å². The van der Waals surface area contributed by atoms with Gasteiger partial charge in [-0.1, -0.05) is 84.9 Å². The molecule has 3 aromatic heterocycles. The van der Waals surface area contributed by atoms with Crippen LogP contribution in [0.2, 0.25) is 0 Å². The number of thiophene rings is 1. The summed E-state index contributed by atoms with van der Waals surface area (Å²) in [6, 6.07) is 45.0. The Labute approximate surface area is 245 Å². The summed E-state index contributed by atoms with van der Waals surface area (Å²) in [5.74, 6) is 0.615. The van der Waals surface area contributed by atoms with Gasteiger partial charge in [0.05, 0.1) is 5.52 Å². The molecule has 42 heavy (non-hydrogen) atoms. The molecule has 0 spiro atoms. The number of fused-ring (bicyclic) bond motifs is 6. The Bertz CT molecular complexity index is 2490. The number of hydrogen-bond donors (Lipinski definition) is 0. The van der Waals surface area contributed by atoms with E-state index in [0.29, 0.717) is 5.89 Å². The third-order valence-corrected chi connectivity index (χ3v) is 9.39. The van der Waals surface area contributed by atoms with Crippen LogP contribution in [0.5, 0.6) is 0 Å². The van der Waals surface area contributed by atoms with Gasteiger partial charge in [-0.2, -0.15) is 0 Å². The molecule has 0 amide bonds. The Morgan fingerprint density at radius 3 is 2.21 bits per heavy atom. The minimum atomic E-state index is 0.615. The average Bonchev–Trinajstić information content (AvgIpc) is 3.65. The van der Waals surface area contributed by atoms with Crippen molar-refractivity contribution in [2.45, 2.75) is 0 Å². The van der Waals surface area contributed by atoms with Crippen molar-refractivity contribution < 1.29 is 4.42 Å². The second-order valence-electron chi connectivity index (χ2n) is 10.6. The first-order valence-electron chi connectivity index (χ1n) is 14.0. The number of benzene rings is 6. The fraction of sp³-hybridized carbons (Fsp3) is 0. The quantitative estimate of drug-likeness (QED) is 0.218. The van der Waals surface area contributed by atoms with Crippen LogP contribution in [-0.4, -0.2) is 9.97 Å². The third-order valence-electron chi connectivity index (χ3n) is 8.17. The van der Waals surface area contributed by atoms with E-state index >= 15 is 0 Å². The van der Waals surface area contributed by atoms with E-state index in [-0.39, 0.29) is 0 Å². The van der Waals surface area contributed by atoms with Crippen molar-refractivity contribution >= 4 is 64.3 Å². The standard InChI is InChI=1S/C38H22N2OS/c1-2-9-28-27(8-1)26(16-17-29(28)31-11-5-12-32-30-10-3-4-13-36(30)42-37(31)32)23-14-19-34-35(22-23)41-38(40-34)25-15-18-33-24(21-25)7-6-20-39-33/h1-22H. The number of aromatic nitrogens is 2. The smallest absolute Gasteiger partial charge is 0.227 e. The molecule has 0 radical (unpaired) electrons. The first-order chi connectivity index (χ1) is 20.8. The summed E-state index contributed by atoms with van der Waals surface area (Å²) in [6.45, 7) is 0. The van der Waals surface area contributed by atoms with E-state index in [0.717, 1.165) is 33.1 Å². The summed E-state index contributed by atoms with van der Waals surface area (Å²) in [7, 11) is 0. The molecule has 196 valence electrons. The summed E-state index contributed by atoms with van der Waals surface area (Å²) >= 11 is 1.87. The molecule has 9 aromatic rings. The molecule has 3 heterocycles. The first kappa shape index (κ1) is 23.4. The second-order valence-corrected chi connectivity index (χ2v) is 11.7. The van der Waals surface area contributed by atoms with Gasteiger partial charge in [0.1, 0.15) is 5.52 Å². The molecule has 0 bridgehead atoms. The van der Waals surface area contributed by atoms with Gasteiger partial charge in [0.15, 0.2) is 5.58 Å². The highest BCUT2D eigenvalue weighted by Gasteiger charge is 2.16. The molecule has 6 aromatic carbocycles. The van der Waals surface area contributed by atoms with Gasteiger partial charge in [0, 0.05) is 42.9 Å². The topological polar surface area (TPSA) is 38.9 Å². The number of oxazole rings is 1. The zero-order valence-corrected chi connectivity index (χ0v) is 23.2. The van der Waals surface area contributed by atoms with Gasteiger partial charge in [0.25, 0.3) is 0 Å². The van der Waals surface area contributed by atoms with E-state index in [1.54, 1.807) is 0 Å². The van der Waals surface area contributed by atoms with E-state index in [1.807, 2.05) is 35.7 Å². The first-order valence-corrected chi connectivity index (χ1v) is 14.8. The number of nitrogens with zero attached hydrogens (tertiary/aromatic N) is 2. The fourth-order valence-electron chi connectivity index (χ4n) is 6.17. The van der Waals surface area contributed by atoms with E-state index in [2.05, 4.69) is 114 Å². The highest BCUT2D eigenvalue weighted by Crippen LogP contribution is 2.43. The predicted molar refractivity (Wildman–Crippen MR) is 176 cm³/mol. The molecule has 3 nitrogen and oxygen atoms in total. The largest absolute Gasteiger partial charge is 0.436 e. The summed E-state index contributed by atoms with van der Waals surface area (Å²) in [4.78, 5) is 9.23. The van der Waals surface area contributed by atoms with Crippen molar-refractivity contribution in [3.8, 4) is 33.7 Å². The summed E-state index contributed by atoms with van der Waals surface area (Å²) in [5, 5.41) is 6.16. The van der Waals surface area contributed by atoms with Crippen LogP contribution < -0.4 is 0 Å². The molecule has 0 atom stereocenters. The van der Waals surface area contributed by atoms with Gasteiger partial charge >= 0.3 is 0 Å². The molecule has 0 unspecified atom stereocenters. The summed E-state index contributed by atoms with van der Waals surface area (Å²) in [6.07, 6.45) is 1.81. The van der Waals surface area contributed by atoms with Crippen LogP contribution in [0.1, 0.15) is 0 Å². The fourth-order valence-corrected chi connectivity index (χ4v) is 7.40. The van der Waals surface area contributed by atoms with E-state index < -0.39 is 0 Å². The van der Waals surface area contributed by atoms with Gasteiger partial charge in [-0.15, -0.1) is 11.3 Å². The monoisotopic (exact) mass is 554 g/mol. The minimum Gasteiger partial charge on any atom is -0.436 e. The van der Waals surface area contributed by atoms with E-state index in [4.69, 9.17) is 9.40 Å². The molecule has 0 saturated heterocycles. The Kier molecular flexibility index (Phi) is 5.07. The lowest BCUT2D eigenvalue weighted by Crippen LogP contribution is -1.86. The Balaban J connectivity index is 1.18. The minimum absolute atomic E-state index is 0.615. The Morgan fingerprint density at radius 2 is 1.29 bits per heavy atom.